The number of sulfonamides is 1. The van der Waals surface area contributed by atoms with Crippen LogP contribution in [0.25, 0.3) is 0 Å². The summed E-state index contributed by atoms with van der Waals surface area (Å²) < 4.78 is 28.4. The number of amides is 1. The van der Waals surface area contributed by atoms with Crippen LogP contribution in [0.4, 0.5) is 5.69 Å². The van der Waals surface area contributed by atoms with Crippen LogP contribution < -0.4 is 4.72 Å². The number of anilines is 1. The van der Waals surface area contributed by atoms with Gasteiger partial charge in [0.25, 0.3) is 10.0 Å². The van der Waals surface area contributed by atoms with E-state index in [0.717, 1.165) is 13.1 Å². The molecular formula is C21H28ClN3O3S2. The van der Waals surface area contributed by atoms with Crippen LogP contribution in [0.5, 0.6) is 0 Å². The van der Waals surface area contributed by atoms with Gasteiger partial charge >= 0.3 is 0 Å². The van der Waals surface area contributed by atoms with Crippen LogP contribution in [0.3, 0.4) is 0 Å². The van der Waals surface area contributed by atoms with Crippen LogP contribution in [-0.4, -0.2) is 55.8 Å². The fraction of sp³-hybridized carbons (Fsp3) is 0.476. The molecule has 164 valence electrons. The van der Waals surface area contributed by atoms with Crippen molar-refractivity contribution in [1.82, 2.24) is 9.80 Å². The van der Waals surface area contributed by atoms with E-state index in [9.17, 15) is 13.2 Å². The van der Waals surface area contributed by atoms with Gasteiger partial charge in [-0.1, -0.05) is 17.7 Å². The Labute approximate surface area is 187 Å². The highest BCUT2D eigenvalue weighted by atomic mass is 35.5. The second kappa shape index (κ2) is 8.86. The molecule has 0 radical (unpaired) electrons. The molecule has 0 spiro atoms. The summed E-state index contributed by atoms with van der Waals surface area (Å²) >= 11 is 7.45. The molecule has 30 heavy (non-hydrogen) atoms. The molecule has 1 fully saturated rings. The SMILES string of the molecule is Cc1c(Cl)cccc1S(=O)(=O)Nc1cscc1CC(=O)N1CCN(C(C)(C)C)CC1. The number of piperazine rings is 1. The Kier molecular flexibility index (Phi) is 6.81. The molecule has 2 aromatic rings. The minimum Gasteiger partial charge on any atom is -0.340 e. The minimum absolute atomic E-state index is 0.0151. The molecule has 0 saturated carbocycles. The van der Waals surface area contributed by atoms with Gasteiger partial charge in [0, 0.05) is 42.1 Å². The van der Waals surface area contributed by atoms with Crippen molar-refractivity contribution in [2.45, 2.75) is 44.6 Å². The van der Waals surface area contributed by atoms with Crippen molar-refractivity contribution in [3.63, 3.8) is 0 Å². The van der Waals surface area contributed by atoms with Gasteiger partial charge in [-0.05, 0) is 56.3 Å². The number of hydrogen-bond acceptors (Lipinski definition) is 5. The summed E-state index contributed by atoms with van der Waals surface area (Å²) in [5, 5.41) is 3.94. The van der Waals surface area contributed by atoms with E-state index in [1.165, 1.54) is 17.4 Å². The van der Waals surface area contributed by atoms with Gasteiger partial charge < -0.3 is 4.90 Å². The van der Waals surface area contributed by atoms with E-state index < -0.39 is 10.0 Å². The Morgan fingerprint density at radius 1 is 1.17 bits per heavy atom. The van der Waals surface area contributed by atoms with Crippen molar-refractivity contribution in [1.29, 1.82) is 0 Å². The lowest BCUT2D eigenvalue weighted by atomic mass is 10.0. The zero-order chi connectivity index (χ0) is 22.1. The highest BCUT2D eigenvalue weighted by Gasteiger charge is 2.28. The predicted octanol–water partition coefficient (Wildman–Crippen LogP) is 4.00. The number of nitrogens with one attached hydrogen (secondary N) is 1. The molecule has 9 heteroatoms. The van der Waals surface area contributed by atoms with Gasteiger partial charge in [-0.15, -0.1) is 11.3 Å². The predicted molar refractivity (Wildman–Crippen MR) is 123 cm³/mol. The normalized spacial score (nSPS) is 16.0. The van der Waals surface area contributed by atoms with Crippen LogP contribution in [-0.2, 0) is 21.2 Å². The molecule has 0 aliphatic carbocycles. The van der Waals surface area contributed by atoms with E-state index in [2.05, 4.69) is 30.4 Å². The summed E-state index contributed by atoms with van der Waals surface area (Å²) in [6.45, 7) is 11.2. The summed E-state index contributed by atoms with van der Waals surface area (Å²) in [6, 6.07) is 4.79. The summed E-state index contributed by atoms with van der Waals surface area (Å²) in [7, 11) is -3.80. The van der Waals surface area contributed by atoms with E-state index in [1.807, 2.05) is 10.3 Å². The molecule has 2 heterocycles. The highest BCUT2D eigenvalue weighted by molar-refractivity contribution is 7.92. The fourth-order valence-corrected chi connectivity index (χ4v) is 5.98. The first kappa shape index (κ1) is 23.1. The van der Waals surface area contributed by atoms with Crippen molar-refractivity contribution < 1.29 is 13.2 Å². The molecule has 0 atom stereocenters. The Morgan fingerprint density at radius 3 is 2.47 bits per heavy atom. The van der Waals surface area contributed by atoms with Crippen molar-refractivity contribution in [3.05, 3.63) is 45.1 Å². The number of carbonyl (C=O) groups is 1. The molecule has 0 bridgehead atoms. The standard InChI is InChI=1S/C21H28ClN3O3S2/c1-15-17(22)6-5-7-19(15)30(27,28)23-18-14-29-13-16(18)12-20(26)24-8-10-25(11-9-24)21(2,3)4/h5-7,13-14,23H,8-12H2,1-4H3. The van der Waals surface area contributed by atoms with Gasteiger partial charge in [0.15, 0.2) is 0 Å². The zero-order valence-electron chi connectivity index (χ0n) is 17.7. The number of thiophene rings is 1. The first-order valence-electron chi connectivity index (χ1n) is 9.85. The second-order valence-corrected chi connectivity index (χ2v) is 11.3. The molecule has 1 aromatic heterocycles. The van der Waals surface area contributed by atoms with Gasteiger partial charge in [-0.25, -0.2) is 8.42 Å². The maximum Gasteiger partial charge on any atom is 0.262 e. The molecule has 1 saturated heterocycles. The average Bonchev–Trinajstić information content (AvgIpc) is 3.09. The van der Waals surface area contributed by atoms with E-state index >= 15 is 0 Å². The smallest absolute Gasteiger partial charge is 0.262 e. The van der Waals surface area contributed by atoms with Crippen LogP contribution >= 0.6 is 22.9 Å². The van der Waals surface area contributed by atoms with Crippen molar-refractivity contribution in [2.24, 2.45) is 0 Å². The average molecular weight is 470 g/mol. The molecule has 1 N–H and O–H groups in total. The molecule has 1 amide bonds. The highest BCUT2D eigenvalue weighted by Crippen LogP contribution is 2.28. The lowest BCUT2D eigenvalue weighted by Crippen LogP contribution is -2.54. The lowest BCUT2D eigenvalue weighted by Gasteiger charge is -2.42. The monoisotopic (exact) mass is 469 g/mol. The number of rotatable bonds is 5. The number of benzene rings is 1. The first-order valence-corrected chi connectivity index (χ1v) is 12.7. The maximum absolute atomic E-state index is 12.9. The van der Waals surface area contributed by atoms with Gasteiger partial charge in [0.2, 0.25) is 5.91 Å². The Bertz CT molecular complexity index is 1020. The Morgan fingerprint density at radius 2 is 1.83 bits per heavy atom. The summed E-state index contributed by atoms with van der Waals surface area (Å²) in [5.74, 6) is 0.0151. The molecular weight excluding hydrogens is 442 g/mol. The van der Waals surface area contributed by atoms with E-state index in [0.29, 0.717) is 34.9 Å². The summed E-state index contributed by atoms with van der Waals surface area (Å²) in [6.07, 6.45) is 0.172. The van der Waals surface area contributed by atoms with Crippen molar-refractivity contribution in [2.75, 3.05) is 30.9 Å². The van der Waals surface area contributed by atoms with E-state index in [1.54, 1.807) is 24.4 Å². The van der Waals surface area contributed by atoms with Crippen LogP contribution in [0.15, 0.2) is 33.9 Å². The van der Waals surface area contributed by atoms with Crippen LogP contribution in [0, 0.1) is 6.92 Å². The number of nitrogens with zero attached hydrogens (tertiary/aromatic N) is 2. The molecule has 3 rings (SSSR count). The Hall–Kier alpha value is -1.61. The van der Waals surface area contributed by atoms with Crippen molar-refractivity contribution >= 4 is 44.6 Å². The first-order chi connectivity index (χ1) is 14.0. The van der Waals surface area contributed by atoms with Crippen LogP contribution in [0.1, 0.15) is 31.9 Å². The topological polar surface area (TPSA) is 69.7 Å². The Balaban J connectivity index is 1.69. The zero-order valence-corrected chi connectivity index (χ0v) is 20.1. The maximum atomic E-state index is 12.9. The summed E-state index contributed by atoms with van der Waals surface area (Å²) in [4.78, 5) is 17.2. The van der Waals surface area contributed by atoms with Gasteiger partial charge in [-0.3, -0.25) is 14.4 Å². The lowest BCUT2D eigenvalue weighted by molar-refractivity contribution is -0.133. The van der Waals surface area contributed by atoms with Gasteiger partial charge in [0.1, 0.15) is 0 Å². The van der Waals surface area contributed by atoms with Gasteiger partial charge in [0.05, 0.1) is 17.0 Å². The summed E-state index contributed by atoms with van der Waals surface area (Å²) in [5.41, 5.74) is 1.72. The molecule has 1 aromatic carbocycles. The third-order valence-electron chi connectivity index (χ3n) is 5.42. The molecule has 1 aliphatic heterocycles. The molecule has 1 aliphatic rings. The minimum atomic E-state index is -3.80. The number of hydrogen-bond donors (Lipinski definition) is 1. The van der Waals surface area contributed by atoms with E-state index in [4.69, 9.17) is 11.6 Å². The molecule has 0 unspecified atom stereocenters. The fourth-order valence-electron chi connectivity index (χ4n) is 3.53. The van der Waals surface area contributed by atoms with E-state index in [-0.39, 0.29) is 22.8 Å². The van der Waals surface area contributed by atoms with Gasteiger partial charge in [-0.2, -0.15) is 0 Å². The third-order valence-corrected chi connectivity index (χ3v) is 8.13. The van der Waals surface area contributed by atoms with Crippen LogP contribution in [0.2, 0.25) is 5.02 Å². The van der Waals surface area contributed by atoms with Crippen molar-refractivity contribution in [3.8, 4) is 0 Å². The third kappa shape index (κ3) is 5.17. The quantitative estimate of drug-likeness (QED) is 0.718. The second-order valence-electron chi connectivity index (χ2n) is 8.49. The number of carbonyl (C=O) groups excluding carboxylic acids is 1. The number of halogens is 1. The largest absolute Gasteiger partial charge is 0.340 e. The molecule has 6 nitrogen and oxygen atoms in total.